The first-order valence-electron chi connectivity index (χ1n) is 11.7. The van der Waals surface area contributed by atoms with E-state index >= 15 is 0 Å². The molecule has 7 heteroatoms. The van der Waals surface area contributed by atoms with Crippen molar-refractivity contribution in [1.29, 1.82) is 0 Å². The Morgan fingerprint density at radius 3 is 2.55 bits per heavy atom. The summed E-state index contributed by atoms with van der Waals surface area (Å²) in [5.74, 6) is -0.635. The SMILES string of the molecule is Cc1cc(N2CCC(N(C)C(=O)c3ccc4c(c3)[C@H](NC(=O)C(C)(C)F)CC4)CC2)ccn1. The fraction of sp³-hybridized carbons (Fsp3) is 0.500. The Morgan fingerprint density at radius 1 is 1.15 bits per heavy atom. The van der Waals surface area contributed by atoms with E-state index in [4.69, 9.17) is 0 Å². The molecule has 1 aromatic carbocycles. The molecule has 176 valence electrons. The first-order valence-corrected chi connectivity index (χ1v) is 11.7. The van der Waals surface area contributed by atoms with E-state index in [1.165, 1.54) is 19.5 Å². The average Bonchev–Trinajstić information content (AvgIpc) is 3.19. The predicted octanol–water partition coefficient (Wildman–Crippen LogP) is 3.98. The van der Waals surface area contributed by atoms with E-state index in [-0.39, 0.29) is 18.0 Å². The molecule has 2 aromatic rings. The number of pyridine rings is 1. The summed E-state index contributed by atoms with van der Waals surface area (Å²) in [5.41, 5.74) is 2.90. The number of halogens is 1. The Kier molecular flexibility index (Phi) is 6.41. The number of nitrogens with one attached hydrogen (secondary N) is 1. The molecule has 0 radical (unpaired) electrons. The maximum atomic E-state index is 14.0. The van der Waals surface area contributed by atoms with Crippen LogP contribution in [0.2, 0.25) is 0 Å². The molecule has 1 aliphatic carbocycles. The lowest BCUT2D eigenvalue weighted by Gasteiger charge is -2.38. The minimum Gasteiger partial charge on any atom is -0.371 e. The molecular formula is C26H33FN4O2. The van der Waals surface area contributed by atoms with Gasteiger partial charge in [-0.2, -0.15) is 0 Å². The summed E-state index contributed by atoms with van der Waals surface area (Å²) in [6, 6.07) is 9.77. The Morgan fingerprint density at radius 2 is 1.88 bits per heavy atom. The van der Waals surface area contributed by atoms with Crippen molar-refractivity contribution >= 4 is 17.5 Å². The van der Waals surface area contributed by atoms with Crippen molar-refractivity contribution in [2.45, 2.75) is 64.2 Å². The summed E-state index contributed by atoms with van der Waals surface area (Å²) in [7, 11) is 1.87. The van der Waals surface area contributed by atoms with Crippen LogP contribution < -0.4 is 10.2 Å². The van der Waals surface area contributed by atoms with E-state index in [2.05, 4.69) is 21.3 Å². The van der Waals surface area contributed by atoms with Gasteiger partial charge in [0.2, 0.25) is 0 Å². The Bertz CT molecular complexity index is 1040. The standard InChI is InChI=1S/C26H33FN4O2/c1-17-15-21(9-12-28-17)31-13-10-20(11-14-31)30(4)24(32)19-6-5-18-7-8-23(22(18)16-19)29-25(33)26(2,3)27/h5-6,9,12,15-16,20,23H,7-8,10-11,13-14H2,1-4H3,(H,29,33)/t23-/m1/s1. The zero-order chi connectivity index (χ0) is 23.8. The van der Waals surface area contributed by atoms with Crippen LogP contribution in [0.25, 0.3) is 0 Å². The van der Waals surface area contributed by atoms with E-state index in [9.17, 15) is 14.0 Å². The lowest BCUT2D eigenvalue weighted by atomic mass is 10.00. The molecule has 1 aromatic heterocycles. The summed E-state index contributed by atoms with van der Waals surface area (Å²) in [5, 5.41) is 2.81. The number of carbonyl (C=O) groups is 2. The van der Waals surface area contributed by atoms with E-state index in [1.54, 1.807) is 0 Å². The number of carbonyl (C=O) groups excluding carboxylic acids is 2. The van der Waals surface area contributed by atoms with Gasteiger partial charge in [0.25, 0.3) is 11.8 Å². The van der Waals surface area contributed by atoms with E-state index < -0.39 is 11.6 Å². The molecule has 6 nitrogen and oxygen atoms in total. The van der Waals surface area contributed by atoms with Crippen LogP contribution in [-0.4, -0.2) is 53.5 Å². The zero-order valence-electron chi connectivity index (χ0n) is 19.9. The summed E-state index contributed by atoms with van der Waals surface area (Å²) in [6.45, 7) is 6.29. The van der Waals surface area contributed by atoms with Crippen molar-refractivity contribution in [1.82, 2.24) is 15.2 Å². The minimum atomic E-state index is -1.93. The van der Waals surface area contributed by atoms with Crippen molar-refractivity contribution in [3.63, 3.8) is 0 Å². The lowest BCUT2D eigenvalue weighted by Crippen LogP contribution is -2.45. The number of alkyl halides is 1. The Labute approximate surface area is 195 Å². The highest BCUT2D eigenvalue weighted by molar-refractivity contribution is 5.94. The van der Waals surface area contributed by atoms with Crippen LogP contribution in [0.5, 0.6) is 0 Å². The maximum absolute atomic E-state index is 14.0. The van der Waals surface area contributed by atoms with Crippen LogP contribution in [0.15, 0.2) is 36.5 Å². The van der Waals surface area contributed by atoms with Gasteiger partial charge in [0.05, 0.1) is 6.04 Å². The first-order chi connectivity index (χ1) is 15.6. The third-order valence-electron chi connectivity index (χ3n) is 6.89. The summed E-state index contributed by atoms with van der Waals surface area (Å²) >= 11 is 0. The van der Waals surface area contributed by atoms with Crippen molar-refractivity contribution in [2.24, 2.45) is 0 Å². The molecule has 0 spiro atoms. The van der Waals surface area contributed by atoms with Crippen LogP contribution in [0, 0.1) is 6.92 Å². The highest BCUT2D eigenvalue weighted by Gasteiger charge is 2.33. The third kappa shape index (κ3) is 5.02. The molecule has 1 fully saturated rings. The number of amides is 2. The number of rotatable bonds is 5. The van der Waals surface area contributed by atoms with E-state index in [0.29, 0.717) is 5.56 Å². The number of hydrogen-bond donors (Lipinski definition) is 1. The Hall–Kier alpha value is -2.96. The van der Waals surface area contributed by atoms with E-state index in [0.717, 1.165) is 55.6 Å². The smallest absolute Gasteiger partial charge is 0.257 e. The lowest BCUT2D eigenvalue weighted by molar-refractivity contribution is -0.131. The number of benzene rings is 1. The van der Waals surface area contributed by atoms with Gasteiger partial charge in [0.15, 0.2) is 5.67 Å². The summed E-state index contributed by atoms with van der Waals surface area (Å²) < 4.78 is 14.0. The van der Waals surface area contributed by atoms with Crippen LogP contribution >= 0.6 is 0 Å². The maximum Gasteiger partial charge on any atom is 0.257 e. The molecule has 2 heterocycles. The van der Waals surface area contributed by atoms with Gasteiger partial charge in [-0.15, -0.1) is 0 Å². The number of piperidine rings is 1. The fourth-order valence-corrected chi connectivity index (χ4v) is 4.82. The molecule has 2 aliphatic rings. The quantitative estimate of drug-likeness (QED) is 0.745. The van der Waals surface area contributed by atoms with Gasteiger partial charge in [-0.3, -0.25) is 14.6 Å². The number of anilines is 1. The van der Waals surface area contributed by atoms with Crippen molar-refractivity contribution in [3.8, 4) is 0 Å². The summed E-state index contributed by atoms with van der Waals surface area (Å²) in [6.07, 6.45) is 5.17. The van der Waals surface area contributed by atoms with Crippen LogP contribution in [0.1, 0.15) is 66.3 Å². The number of aryl methyl sites for hydroxylation is 2. The van der Waals surface area contributed by atoms with Gasteiger partial charge < -0.3 is 15.1 Å². The number of nitrogens with zero attached hydrogens (tertiary/aromatic N) is 3. The molecule has 0 unspecified atom stereocenters. The Balaban J connectivity index is 1.41. The molecule has 1 N–H and O–H groups in total. The summed E-state index contributed by atoms with van der Waals surface area (Å²) in [4.78, 5) is 33.9. The second-order valence-corrected chi connectivity index (χ2v) is 9.74. The molecule has 0 saturated carbocycles. The molecule has 1 aliphatic heterocycles. The monoisotopic (exact) mass is 452 g/mol. The molecule has 1 saturated heterocycles. The van der Waals surface area contributed by atoms with Gasteiger partial charge in [-0.25, -0.2) is 4.39 Å². The van der Waals surface area contributed by atoms with E-state index in [1.807, 2.05) is 49.3 Å². The number of aromatic nitrogens is 1. The second kappa shape index (κ2) is 9.12. The van der Waals surface area contributed by atoms with Crippen molar-refractivity contribution in [3.05, 3.63) is 58.9 Å². The average molecular weight is 453 g/mol. The largest absolute Gasteiger partial charge is 0.371 e. The fourth-order valence-electron chi connectivity index (χ4n) is 4.82. The van der Waals surface area contributed by atoms with Gasteiger partial charge in [-0.05, 0) is 81.8 Å². The zero-order valence-corrected chi connectivity index (χ0v) is 19.9. The first kappa shape index (κ1) is 23.2. The molecule has 2 amide bonds. The molecule has 1 atom stereocenters. The molecule has 4 rings (SSSR count). The molecule has 0 bridgehead atoms. The third-order valence-corrected chi connectivity index (χ3v) is 6.89. The highest BCUT2D eigenvalue weighted by Crippen LogP contribution is 2.33. The van der Waals surface area contributed by atoms with Crippen LogP contribution in [0.4, 0.5) is 10.1 Å². The predicted molar refractivity (Wildman–Crippen MR) is 127 cm³/mol. The second-order valence-electron chi connectivity index (χ2n) is 9.74. The van der Waals surface area contributed by atoms with Gasteiger partial charge >= 0.3 is 0 Å². The highest BCUT2D eigenvalue weighted by atomic mass is 19.1. The van der Waals surface area contributed by atoms with Gasteiger partial charge in [-0.1, -0.05) is 6.07 Å². The molecular weight excluding hydrogens is 419 g/mol. The van der Waals surface area contributed by atoms with Gasteiger partial charge in [0.1, 0.15) is 0 Å². The topological polar surface area (TPSA) is 65.5 Å². The van der Waals surface area contributed by atoms with Crippen molar-refractivity contribution < 1.29 is 14.0 Å². The van der Waals surface area contributed by atoms with Crippen LogP contribution in [0.3, 0.4) is 0 Å². The van der Waals surface area contributed by atoms with Crippen molar-refractivity contribution in [2.75, 3.05) is 25.0 Å². The normalized spacial score (nSPS) is 18.7. The minimum absolute atomic E-state index is 0.0150. The number of hydrogen-bond acceptors (Lipinski definition) is 4. The van der Waals surface area contributed by atoms with Crippen LogP contribution in [-0.2, 0) is 11.2 Å². The number of fused-ring (bicyclic) bond motifs is 1. The van der Waals surface area contributed by atoms with Gasteiger partial charge in [0, 0.05) is 49.3 Å². The molecule has 33 heavy (non-hydrogen) atoms.